The molecular formula is C19H24N2O3. The van der Waals surface area contributed by atoms with Crippen molar-refractivity contribution in [1.29, 1.82) is 0 Å². The van der Waals surface area contributed by atoms with Crippen molar-refractivity contribution in [2.24, 2.45) is 0 Å². The van der Waals surface area contributed by atoms with E-state index >= 15 is 0 Å². The van der Waals surface area contributed by atoms with Crippen molar-refractivity contribution < 1.29 is 14.3 Å². The lowest BCUT2D eigenvalue weighted by Crippen LogP contribution is -2.24. The van der Waals surface area contributed by atoms with Crippen LogP contribution in [-0.2, 0) is 11.3 Å². The molecule has 2 aromatic carbocycles. The first-order valence-corrected chi connectivity index (χ1v) is 7.88. The highest BCUT2D eigenvalue weighted by atomic mass is 16.5. The summed E-state index contributed by atoms with van der Waals surface area (Å²) in [6.45, 7) is 0.868. The van der Waals surface area contributed by atoms with Gasteiger partial charge in [-0.2, -0.15) is 0 Å². The number of amides is 1. The van der Waals surface area contributed by atoms with Crippen molar-refractivity contribution in [2.45, 2.75) is 13.0 Å². The average Bonchev–Trinajstić information content (AvgIpc) is 2.61. The minimum Gasteiger partial charge on any atom is -0.497 e. The van der Waals surface area contributed by atoms with Crippen LogP contribution in [0.25, 0.3) is 0 Å². The van der Waals surface area contributed by atoms with E-state index in [0.717, 1.165) is 22.7 Å². The van der Waals surface area contributed by atoms with E-state index < -0.39 is 0 Å². The molecule has 0 saturated carbocycles. The third-order valence-electron chi connectivity index (χ3n) is 3.60. The number of rotatable bonds is 8. The topological polar surface area (TPSA) is 50.8 Å². The van der Waals surface area contributed by atoms with Crippen LogP contribution in [-0.4, -0.2) is 33.7 Å². The molecule has 0 heterocycles. The number of hydrogen-bond donors (Lipinski definition) is 1. The first kappa shape index (κ1) is 17.7. The molecule has 24 heavy (non-hydrogen) atoms. The van der Waals surface area contributed by atoms with Gasteiger partial charge >= 0.3 is 0 Å². The minimum atomic E-state index is -0.0276. The van der Waals surface area contributed by atoms with Crippen LogP contribution in [0.1, 0.15) is 12.0 Å². The van der Waals surface area contributed by atoms with Crippen LogP contribution in [0.5, 0.6) is 11.5 Å². The number of hydrogen-bond acceptors (Lipinski definition) is 4. The fourth-order valence-electron chi connectivity index (χ4n) is 2.13. The van der Waals surface area contributed by atoms with E-state index in [9.17, 15) is 4.79 Å². The van der Waals surface area contributed by atoms with E-state index in [1.807, 2.05) is 67.5 Å². The highest BCUT2D eigenvalue weighted by Gasteiger charge is 2.03. The van der Waals surface area contributed by atoms with E-state index in [1.165, 1.54) is 0 Å². The molecule has 0 spiro atoms. The summed E-state index contributed by atoms with van der Waals surface area (Å²) in [7, 11) is 5.62. The summed E-state index contributed by atoms with van der Waals surface area (Å²) in [4.78, 5) is 13.9. The molecule has 0 aromatic heterocycles. The van der Waals surface area contributed by atoms with Gasteiger partial charge in [0.15, 0.2) is 0 Å². The van der Waals surface area contributed by atoms with Gasteiger partial charge in [-0.25, -0.2) is 0 Å². The summed E-state index contributed by atoms with van der Waals surface area (Å²) in [5, 5.41) is 2.90. The van der Waals surface area contributed by atoms with Gasteiger partial charge in [0, 0.05) is 26.3 Å². The summed E-state index contributed by atoms with van der Waals surface area (Å²) in [5.41, 5.74) is 2.21. The van der Waals surface area contributed by atoms with Crippen molar-refractivity contribution in [3.63, 3.8) is 0 Å². The number of ether oxygens (including phenoxy) is 2. The van der Waals surface area contributed by atoms with Gasteiger partial charge < -0.3 is 19.7 Å². The fraction of sp³-hybridized carbons (Fsp3) is 0.316. The first-order chi connectivity index (χ1) is 11.6. The number of carbonyl (C=O) groups is 1. The third-order valence-corrected chi connectivity index (χ3v) is 3.60. The normalized spacial score (nSPS) is 10.1. The number of nitrogens with one attached hydrogen (secondary N) is 1. The van der Waals surface area contributed by atoms with Gasteiger partial charge in [-0.3, -0.25) is 4.79 Å². The van der Waals surface area contributed by atoms with E-state index in [4.69, 9.17) is 9.47 Å². The summed E-state index contributed by atoms with van der Waals surface area (Å²) in [6.07, 6.45) is 0.321. The molecule has 0 bridgehead atoms. The maximum Gasteiger partial charge on any atom is 0.223 e. The van der Waals surface area contributed by atoms with Crippen molar-refractivity contribution in [3.05, 3.63) is 54.1 Å². The molecule has 2 rings (SSSR count). The Balaban J connectivity index is 1.69. The van der Waals surface area contributed by atoms with Crippen molar-refractivity contribution in [2.75, 3.05) is 32.7 Å². The zero-order valence-corrected chi connectivity index (χ0v) is 14.4. The predicted octanol–water partition coefficient (Wildman–Crippen LogP) is 2.85. The third kappa shape index (κ3) is 5.50. The highest BCUT2D eigenvalue weighted by Crippen LogP contribution is 2.17. The Morgan fingerprint density at radius 3 is 2.21 bits per heavy atom. The Morgan fingerprint density at radius 2 is 1.62 bits per heavy atom. The van der Waals surface area contributed by atoms with Gasteiger partial charge in [0.1, 0.15) is 11.5 Å². The van der Waals surface area contributed by atoms with Crippen molar-refractivity contribution in [3.8, 4) is 11.5 Å². The molecule has 0 unspecified atom stereocenters. The number of anilines is 1. The molecule has 0 aliphatic heterocycles. The molecule has 2 aromatic rings. The van der Waals surface area contributed by atoms with E-state index in [-0.39, 0.29) is 5.91 Å². The smallest absolute Gasteiger partial charge is 0.223 e. The second-order valence-corrected chi connectivity index (χ2v) is 5.61. The standard InChI is InChI=1S/C19H24N2O3/c1-21(2)16-6-4-15(5-7-16)14-20-19(22)12-13-24-18-10-8-17(23-3)9-11-18/h4-11H,12-14H2,1-3H3,(H,20,22). The lowest BCUT2D eigenvalue weighted by atomic mass is 10.2. The zero-order chi connectivity index (χ0) is 17.4. The zero-order valence-electron chi connectivity index (χ0n) is 14.4. The summed E-state index contributed by atoms with van der Waals surface area (Å²) in [5.74, 6) is 1.48. The van der Waals surface area contributed by atoms with E-state index in [0.29, 0.717) is 19.6 Å². The second kappa shape index (κ2) is 8.82. The van der Waals surface area contributed by atoms with E-state index in [1.54, 1.807) is 7.11 Å². The molecular weight excluding hydrogens is 304 g/mol. The van der Waals surface area contributed by atoms with Crippen LogP contribution < -0.4 is 19.7 Å². The maximum atomic E-state index is 11.9. The molecule has 5 nitrogen and oxygen atoms in total. The monoisotopic (exact) mass is 328 g/mol. The lowest BCUT2D eigenvalue weighted by Gasteiger charge is -2.13. The largest absolute Gasteiger partial charge is 0.497 e. The first-order valence-electron chi connectivity index (χ1n) is 7.88. The maximum absolute atomic E-state index is 11.9. The van der Waals surface area contributed by atoms with Crippen LogP contribution in [0.2, 0.25) is 0 Å². The summed E-state index contributed by atoms with van der Waals surface area (Å²) < 4.78 is 10.6. The lowest BCUT2D eigenvalue weighted by molar-refractivity contribution is -0.121. The van der Waals surface area contributed by atoms with Gasteiger partial charge in [-0.15, -0.1) is 0 Å². The van der Waals surface area contributed by atoms with Gasteiger partial charge in [0.05, 0.1) is 20.1 Å². The van der Waals surface area contributed by atoms with Crippen LogP contribution in [0, 0.1) is 0 Å². The molecule has 0 atom stereocenters. The molecule has 1 N–H and O–H groups in total. The molecule has 128 valence electrons. The van der Waals surface area contributed by atoms with E-state index in [2.05, 4.69) is 5.32 Å². The number of benzene rings is 2. The van der Waals surface area contributed by atoms with Crippen LogP contribution in [0.15, 0.2) is 48.5 Å². The summed E-state index contributed by atoms with van der Waals surface area (Å²) in [6, 6.07) is 15.4. The Morgan fingerprint density at radius 1 is 1.00 bits per heavy atom. The van der Waals surface area contributed by atoms with Crippen LogP contribution >= 0.6 is 0 Å². The summed E-state index contributed by atoms with van der Waals surface area (Å²) >= 11 is 0. The quantitative estimate of drug-likeness (QED) is 0.809. The Labute approximate surface area is 143 Å². The Kier molecular flexibility index (Phi) is 6.49. The molecule has 0 aliphatic carbocycles. The molecule has 0 fully saturated rings. The molecule has 0 saturated heterocycles. The van der Waals surface area contributed by atoms with Gasteiger partial charge in [-0.1, -0.05) is 12.1 Å². The fourth-order valence-corrected chi connectivity index (χ4v) is 2.13. The molecule has 0 aliphatic rings. The van der Waals surface area contributed by atoms with Crippen LogP contribution in [0.3, 0.4) is 0 Å². The molecule has 0 radical (unpaired) electrons. The predicted molar refractivity (Wildman–Crippen MR) is 95.7 cm³/mol. The van der Waals surface area contributed by atoms with Crippen LogP contribution in [0.4, 0.5) is 5.69 Å². The van der Waals surface area contributed by atoms with Gasteiger partial charge in [0.25, 0.3) is 0 Å². The Bertz CT molecular complexity index is 637. The van der Waals surface area contributed by atoms with Crippen molar-refractivity contribution in [1.82, 2.24) is 5.32 Å². The molecule has 1 amide bonds. The SMILES string of the molecule is COc1ccc(OCCC(=O)NCc2ccc(N(C)C)cc2)cc1. The van der Waals surface area contributed by atoms with Crippen molar-refractivity contribution >= 4 is 11.6 Å². The van der Waals surface area contributed by atoms with Gasteiger partial charge in [0.2, 0.25) is 5.91 Å². The minimum absolute atomic E-state index is 0.0276. The highest BCUT2D eigenvalue weighted by molar-refractivity contribution is 5.76. The number of methoxy groups -OCH3 is 1. The Hall–Kier alpha value is -2.69. The number of nitrogens with zero attached hydrogens (tertiary/aromatic N) is 1. The second-order valence-electron chi connectivity index (χ2n) is 5.61. The van der Waals surface area contributed by atoms with Gasteiger partial charge in [-0.05, 0) is 42.0 Å². The molecule has 5 heteroatoms. The number of carbonyl (C=O) groups excluding carboxylic acids is 1. The average molecular weight is 328 g/mol.